The molecule has 0 fully saturated rings. The molecular weight excluding hydrogens is 380 g/mol. The Labute approximate surface area is 157 Å². The van der Waals surface area contributed by atoms with Crippen LogP contribution in [0.5, 0.6) is 0 Å². The minimum Gasteiger partial charge on any atom is -0.338 e. The van der Waals surface area contributed by atoms with Crippen LogP contribution in [-0.2, 0) is 32.9 Å². The van der Waals surface area contributed by atoms with Crippen LogP contribution in [0.4, 0.5) is 17.6 Å². The topological polar surface area (TPSA) is 38.5 Å². The van der Waals surface area contributed by atoms with Gasteiger partial charge in [0.1, 0.15) is 5.82 Å². The second-order valence-electron chi connectivity index (χ2n) is 6.70. The van der Waals surface area contributed by atoms with Gasteiger partial charge in [-0.25, -0.2) is 22.5 Å². The smallest absolute Gasteiger partial charge is 0.177 e. The van der Waals surface area contributed by atoms with Gasteiger partial charge in [0.2, 0.25) is 0 Å². The lowest BCUT2D eigenvalue weighted by atomic mass is 9.94. The van der Waals surface area contributed by atoms with Crippen LogP contribution in [0.3, 0.4) is 0 Å². The number of halogens is 4. The lowest BCUT2D eigenvalue weighted by Crippen LogP contribution is -2.11. The zero-order valence-electron chi connectivity index (χ0n) is 14.4. The van der Waals surface area contributed by atoms with Crippen molar-refractivity contribution in [2.24, 2.45) is 7.05 Å². The molecule has 0 saturated heterocycles. The number of aromatic amines is 1. The van der Waals surface area contributed by atoms with E-state index >= 15 is 0 Å². The van der Waals surface area contributed by atoms with Crippen LogP contribution >= 0.6 is 12.2 Å². The van der Waals surface area contributed by atoms with Crippen LogP contribution in [0.2, 0.25) is 0 Å². The quantitative estimate of drug-likeness (QED) is 0.412. The molecule has 0 aliphatic carbocycles. The first-order chi connectivity index (χ1) is 12.9. The van der Waals surface area contributed by atoms with Crippen LogP contribution in [0.1, 0.15) is 28.7 Å². The van der Waals surface area contributed by atoms with E-state index in [9.17, 15) is 17.6 Å². The summed E-state index contributed by atoms with van der Waals surface area (Å²) in [5, 5.41) is 0. The highest BCUT2D eigenvalue weighted by Crippen LogP contribution is 2.36. The van der Waals surface area contributed by atoms with Gasteiger partial charge in [0.05, 0.1) is 0 Å². The fourth-order valence-electron chi connectivity index (χ4n) is 3.72. The van der Waals surface area contributed by atoms with E-state index in [0.29, 0.717) is 17.6 Å². The highest BCUT2D eigenvalue weighted by Gasteiger charge is 2.33. The van der Waals surface area contributed by atoms with Gasteiger partial charge in [-0.05, 0) is 25.1 Å². The van der Waals surface area contributed by atoms with Crippen molar-refractivity contribution >= 4 is 12.2 Å². The summed E-state index contributed by atoms with van der Waals surface area (Å²) >= 11 is 5.31. The largest absolute Gasteiger partial charge is 0.338 e. The third kappa shape index (κ3) is 2.99. The predicted molar refractivity (Wildman–Crippen MR) is 93.0 cm³/mol. The van der Waals surface area contributed by atoms with Gasteiger partial charge in [0.15, 0.2) is 28.0 Å². The fourth-order valence-corrected chi connectivity index (χ4v) is 4.03. The van der Waals surface area contributed by atoms with E-state index < -0.39 is 34.8 Å². The third-order valence-corrected chi connectivity index (χ3v) is 5.42. The molecule has 3 heterocycles. The van der Waals surface area contributed by atoms with Crippen molar-refractivity contribution in [1.82, 2.24) is 19.1 Å². The standard InChI is InChI=1S/C18H16F4N4S/c1-25-5-4-23-14(25)3-2-12-13-6-9(8-26(13)18(27)24-12)15-16(21)10(19)7-11(20)17(15)22/h4-5,7,9H,2-3,6,8H2,1H3,(H,24,27). The maximum absolute atomic E-state index is 14.2. The van der Waals surface area contributed by atoms with Crippen LogP contribution in [-0.4, -0.2) is 19.1 Å². The average Bonchev–Trinajstić information content (AvgIpc) is 3.30. The van der Waals surface area contributed by atoms with Gasteiger partial charge in [-0.1, -0.05) is 0 Å². The predicted octanol–water partition coefficient (Wildman–Crippen LogP) is 3.96. The van der Waals surface area contributed by atoms with Crippen LogP contribution in [0, 0.1) is 28.0 Å². The van der Waals surface area contributed by atoms with Gasteiger partial charge in [-0.15, -0.1) is 0 Å². The molecule has 0 amide bonds. The van der Waals surface area contributed by atoms with Crippen molar-refractivity contribution in [3.8, 4) is 0 Å². The van der Waals surface area contributed by atoms with Crippen molar-refractivity contribution in [2.45, 2.75) is 31.7 Å². The number of nitrogens with one attached hydrogen (secondary N) is 1. The third-order valence-electron chi connectivity index (χ3n) is 5.09. The molecule has 0 saturated carbocycles. The van der Waals surface area contributed by atoms with E-state index in [1.807, 2.05) is 17.8 Å². The molecule has 27 heavy (non-hydrogen) atoms. The minimum atomic E-state index is -1.39. The number of nitrogens with zero attached hydrogens (tertiary/aromatic N) is 3. The second-order valence-corrected chi connectivity index (χ2v) is 7.09. The van der Waals surface area contributed by atoms with Crippen LogP contribution in [0.15, 0.2) is 18.5 Å². The molecule has 3 aromatic rings. The Morgan fingerprint density at radius 1 is 1.19 bits per heavy atom. The van der Waals surface area contributed by atoms with Gasteiger partial charge in [-0.3, -0.25) is 0 Å². The monoisotopic (exact) mass is 396 g/mol. The average molecular weight is 396 g/mol. The molecule has 1 atom stereocenters. The highest BCUT2D eigenvalue weighted by atomic mass is 32.1. The summed E-state index contributed by atoms with van der Waals surface area (Å²) < 4.78 is 59.6. The lowest BCUT2D eigenvalue weighted by Gasteiger charge is -2.13. The molecule has 142 valence electrons. The summed E-state index contributed by atoms with van der Waals surface area (Å²) in [6.45, 7) is 0.170. The summed E-state index contributed by atoms with van der Waals surface area (Å²) in [5.41, 5.74) is 1.10. The van der Waals surface area contributed by atoms with Crippen molar-refractivity contribution in [3.63, 3.8) is 0 Å². The summed E-state index contributed by atoms with van der Waals surface area (Å²) in [5.74, 6) is -5.27. The maximum Gasteiger partial charge on any atom is 0.177 e. The normalized spacial score (nSPS) is 16.1. The first-order valence-corrected chi connectivity index (χ1v) is 8.87. The Hall–Kier alpha value is -2.42. The number of fused-ring (bicyclic) bond motifs is 1. The molecule has 0 spiro atoms. The van der Waals surface area contributed by atoms with Crippen molar-refractivity contribution < 1.29 is 17.6 Å². The molecule has 1 aliphatic rings. The van der Waals surface area contributed by atoms with Gasteiger partial charge in [-0.2, -0.15) is 0 Å². The summed E-state index contributed by atoms with van der Waals surface area (Å²) in [4.78, 5) is 7.40. The number of benzene rings is 1. The zero-order chi connectivity index (χ0) is 19.3. The number of hydrogen-bond acceptors (Lipinski definition) is 2. The maximum atomic E-state index is 14.2. The first-order valence-electron chi connectivity index (χ1n) is 8.46. The fraction of sp³-hybridized carbons (Fsp3) is 0.333. The Balaban J connectivity index is 1.63. The van der Waals surface area contributed by atoms with Gasteiger partial charge >= 0.3 is 0 Å². The molecule has 4 rings (SSSR count). The Kier molecular flexibility index (Phi) is 4.41. The first kappa shape index (κ1) is 18.0. The van der Waals surface area contributed by atoms with Crippen LogP contribution in [0.25, 0.3) is 0 Å². The van der Waals surface area contributed by atoms with E-state index in [1.165, 1.54) is 0 Å². The molecule has 1 unspecified atom stereocenters. The summed E-state index contributed by atoms with van der Waals surface area (Å²) in [6.07, 6.45) is 5.09. The second kappa shape index (κ2) is 6.63. The summed E-state index contributed by atoms with van der Waals surface area (Å²) in [7, 11) is 1.90. The van der Waals surface area contributed by atoms with E-state index in [4.69, 9.17) is 12.2 Å². The van der Waals surface area contributed by atoms with Crippen LogP contribution < -0.4 is 0 Å². The Morgan fingerprint density at radius 3 is 2.52 bits per heavy atom. The van der Waals surface area contributed by atoms with E-state index in [2.05, 4.69) is 9.97 Å². The Bertz CT molecular complexity index is 1060. The van der Waals surface area contributed by atoms with Gasteiger partial charge < -0.3 is 14.1 Å². The zero-order valence-corrected chi connectivity index (χ0v) is 15.2. The van der Waals surface area contributed by atoms with Crippen molar-refractivity contribution in [3.05, 3.63) is 69.3 Å². The SMILES string of the molecule is Cn1ccnc1CCc1[nH]c(=S)n2c1CC(c1c(F)c(F)cc(F)c1F)C2. The number of imidazole rings is 2. The number of rotatable bonds is 4. The molecule has 4 nitrogen and oxygen atoms in total. The molecule has 1 aliphatic heterocycles. The van der Waals surface area contributed by atoms with Gasteiger partial charge in [0, 0.05) is 61.3 Å². The number of H-pyrrole nitrogens is 1. The minimum absolute atomic E-state index is 0.170. The van der Waals surface area contributed by atoms with E-state index in [0.717, 1.165) is 17.2 Å². The molecule has 0 radical (unpaired) electrons. The highest BCUT2D eigenvalue weighted by molar-refractivity contribution is 7.71. The molecular formula is C18H16F4N4S. The number of aromatic nitrogens is 4. The number of aryl methyl sites for hydroxylation is 3. The van der Waals surface area contributed by atoms with E-state index in [-0.39, 0.29) is 19.0 Å². The van der Waals surface area contributed by atoms with Gasteiger partial charge in [0.25, 0.3) is 0 Å². The lowest BCUT2D eigenvalue weighted by molar-refractivity contribution is 0.423. The molecule has 9 heteroatoms. The molecule has 1 N–H and O–H groups in total. The molecule has 1 aromatic carbocycles. The van der Waals surface area contributed by atoms with E-state index in [1.54, 1.807) is 10.8 Å². The van der Waals surface area contributed by atoms with Crippen molar-refractivity contribution in [2.75, 3.05) is 0 Å². The number of hydrogen-bond donors (Lipinski definition) is 1. The molecule has 0 bridgehead atoms. The van der Waals surface area contributed by atoms with Crippen molar-refractivity contribution in [1.29, 1.82) is 0 Å². The Morgan fingerprint density at radius 2 is 1.89 bits per heavy atom. The summed E-state index contributed by atoms with van der Waals surface area (Å²) in [6, 6.07) is 0.230. The molecule has 2 aromatic heterocycles.